The summed E-state index contributed by atoms with van der Waals surface area (Å²) in [5.74, 6) is 1.46. The second-order valence-corrected chi connectivity index (χ2v) is 2.81. The Morgan fingerprint density at radius 1 is 1.62 bits per heavy atom. The van der Waals surface area contributed by atoms with Gasteiger partial charge in [-0.25, -0.2) is 4.98 Å². The van der Waals surface area contributed by atoms with Gasteiger partial charge in [0.1, 0.15) is 11.6 Å². The van der Waals surface area contributed by atoms with E-state index in [2.05, 4.69) is 10.3 Å². The molecule has 2 N–H and O–H groups in total. The molecular formula is C9H14N2O2. The Bertz CT molecular complexity index is 248. The van der Waals surface area contributed by atoms with Gasteiger partial charge in [-0.05, 0) is 19.1 Å². The number of pyridine rings is 1. The van der Waals surface area contributed by atoms with Gasteiger partial charge in [0, 0.05) is 6.04 Å². The zero-order chi connectivity index (χ0) is 9.68. The molecule has 0 radical (unpaired) electrons. The highest BCUT2D eigenvalue weighted by Crippen LogP contribution is 2.11. The Morgan fingerprint density at radius 2 is 2.38 bits per heavy atom. The minimum absolute atomic E-state index is 0.0147. The molecule has 4 heteroatoms. The molecule has 72 valence electrons. The van der Waals surface area contributed by atoms with Gasteiger partial charge in [-0.2, -0.15) is 0 Å². The van der Waals surface area contributed by atoms with Crippen LogP contribution in [0.5, 0.6) is 5.75 Å². The zero-order valence-corrected chi connectivity index (χ0v) is 7.82. The Kier molecular flexibility index (Phi) is 3.52. The Balaban J connectivity index is 2.58. The van der Waals surface area contributed by atoms with Crippen molar-refractivity contribution < 1.29 is 9.84 Å². The Morgan fingerprint density at radius 3 is 2.85 bits per heavy atom. The number of aliphatic hydroxyl groups is 1. The van der Waals surface area contributed by atoms with Crippen LogP contribution in [0.25, 0.3) is 0 Å². The number of nitrogens with zero attached hydrogens (tertiary/aromatic N) is 1. The van der Waals surface area contributed by atoms with Gasteiger partial charge in [0.2, 0.25) is 0 Å². The molecular weight excluding hydrogens is 168 g/mol. The second kappa shape index (κ2) is 4.67. The molecule has 1 atom stereocenters. The fourth-order valence-electron chi connectivity index (χ4n) is 0.885. The number of hydrogen-bond acceptors (Lipinski definition) is 4. The van der Waals surface area contributed by atoms with Gasteiger partial charge < -0.3 is 15.2 Å². The summed E-state index contributed by atoms with van der Waals surface area (Å²) in [6.45, 7) is 1.97. The van der Waals surface area contributed by atoms with Crippen LogP contribution in [0, 0.1) is 0 Å². The Hall–Kier alpha value is -1.29. The molecule has 1 aromatic heterocycles. The average molecular weight is 182 g/mol. The molecule has 1 rings (SSSR count). The van der Waals surface area contributed by atoms with Crippen molar-refractivity contribution >= 4 is 5.82 Å². The zero-order valence-electron chi connectivity index (χ0n) is 7.82. The molecule has 0 aliphatic heterocycles. The lowest BCUT2D eigenvalue weighted by Gasteiger charge is -2.11. The van der Waals surface area contributed by atoms with E-state index in [1.165, 1.54) is 0 Å². The lowest BCUT2D eigenvalue weighted by molar-refractivity contribution is 0.281. The average Bonchev–Trinajstić information content (AvgIpc) is 2.19. The fraction of sp³-hybridized carbons (Fsp3) is 0.444. The summed E-state index contributed by atoms with van der Waals surface area (Å²) in [6.07, 6.45) is 1.63. The van der Waals surface area contributed by atoms with E-state index in [0.29, 0.717) is 0 Å². The van der Waals surface area contributed by atoms with Crippen molar-refractivity contribution in [2.45, 2.75) is 13.0 Å². The van der Waals surface area contributed by atoms with Crippen LogP contribution < -0.4 is 10.1 Å². The van der Waals surface area contributed by atoms with Gasteiger partial charge in [-0.15, -0.1) is 0 Å². The molecule has 4 nitrogen and oxygen atoms in total. The van der Waals surface area contributed by atoms with Gasteiger partial charge in [0.05, 0.1) is 19.9 Å². The number of anilines is 1. The smallest absolute Gasteiger partial charge is 0.137 e. The predicted molar refractivity (Wildman–Crippen MR) is 51.0 cm³/mol. The van der Waals surface area contributed by atoms with Gasteiger partial charge in [-0.3, -0.25) is 0 Å². The highest BCUT2D eigenvalue weighted by atomic mass is 16.5. The summed E-state index contributed by atoms with van der Waals surface area (Å²) in [5.41, 5.74) is 0. The topological polar surface area (TPSA) is 54.4 Å². The van der Waals surface area contributed by atoms with E-state index >= 15 is 0 Å². The van der Waals surface area contributed by atoms with Gasteiger partial charge >= 0.3 is 0 Å². The van der Waals surface area contributed by atoms with Crippen molar-refractivity contribution in [1.82, 2.24) is 4.98 Å². The summed E-state index contributed by atoms with van der Waals surface area (Å²) < 4.78 is 4.96. The van der Waals surface area contributed by atoms with Crippen molar-refractivity contribution in [2.24, 2.45) is 0 Å². The van der Waals surface area contributed by atoms with Crippen molar-refractivity contribution in [3.63, 3.8) is 0 Å². The maximum Gasteiger partial charge on any atom is 0.137 e. The SMILES string of the molecule is COc1ccc(NC(C)CO)nc1. The van der Waals surface area contributed by atoms with E-state index in [9.17, 15) is 0 Å². The van der Waals surface area contributed by atoms with Crippen LogP contribution >= 0.6 is 0 Å². The molecule has 0 aliphatic rings. The van der Waals surface area contributed by atoms with E-state index in [1.807, 2.05) is 19.1 Å². The van der Waals surface area contributed by atoms with E-state index in [4.69, 9.17) is 9.84 Å². The monoisotopic (exact) mass is 182 g/mol. The molecule has 0 bridgehead atoms. The highest BCUT2D eigenvalue weighted by molar-refractivity contribution is 5.38. The number of methoxy groups -OCH3 is 1. The summed E-state index contributed by atoms with van der Waals surface area (Å²) in [6, 6.07) is 3.64. The maximum absolute atomic E-state index is 8.78. The number of aliphatic hydroxyl groups excluding tert-OH is 1. The van der Waals surface area contributed by atoms with Crippen LogP contribution in [-0.4, -0.2) is 29.8 Å². The molecule has 0 aromatic carbocycles. The van der Waals surface area contributed by atoms with E-state index in [-0.39, 0.29) is 12.6 Å². The predicted octanol–water partition coefficient (Wildman–Crippen LogP) is 0.883. The highest BCUT2D eigenvalue weighted by Gasteiger charge is 2.00. The number of aromatic nitrogens is 1. The standard InChI is InChI=1S/C9H14N2O2/c1-7(6-12)11-9-4-3-8(13-2)5-10-9/h3-5,7,12H,6H2,1-2H3,(H,10,11). The fourth-order valence-corrected chi connectivity index (χ4v) is 0.885. The largest absolute Gasteiger partial charge is 0.495 e. The molecule has 0 aliphatic carbocycles. The third-order valence-electron chi connectivity index (χ3n) is 1.64. The number of nitrogens with one attached hydrogen (secondary N) is 1. The van der Waals surface area contributed by atoms with E-state index in [0.717, 1.165) is 11.6 Å². The van der Waals surface area contributed by atoms with E-state index < -0.39 is 0 Å². The molecule has 0 amide bonds. The minimum Gasteiger partial charge on any atom is -0.495 e. The lowest BCUT2D eigenvalue weighted by Crippen LogP contribution is -2.19. The van der Waals surface area contributed by atoms with Crippen molar-refractivity contribution in [3.05, 3.63) is 18.3 Å². The van der Waals surface area contributed by atoms with Gasteiger partial charge in [0.25, 0.3) is 0 Å². The van der Waals surface area contributed by atoms with Crippen LogP contribution in [0.3, 0.4) is 0 Å². The third-order valence-corrected chi connectivity index (χ3v) is 1.64. The summed E-state index contributed by atoms with van der Waals surface area (Å²) in [7, 11) is 1.60. The minimum atomic E-state index is 0.0147. The van der Waals surface area contributed by atoms with E-state index in [1.54, 1.807) is 13.3 Å². The van der Waals surface area contributed by atoms with Crippen LogP contribution in [0.1, 0.15) is 6.92 Å². The summed E-state index contributed by atoms with van der Waals surface area (Å²) >= 11 is 0. The maximum atomic E-state index is 8.78. The summed E-state index contributed by atoms with van der Waals surface area (Å²) in [4.78, 5) is 4.09. The second-order valence-electron chi connectivity index (χ2n) is 2.81. The first-order valence-electron chi connectivity index (χ1n) is 4.13. The number of hydrogen-bond donors (Lipinski definition) is 2. The molecule has 0 spiro atoms. The van der Waals surface area contributed by atoms with Crippen molar-refractivity contribution in [1.29, 1.82) is 0 Å². The first-order chi connectivity index (χ1) is 6.26. The molecule has 0 fully saturated rings. The first kappa shape index (κ1) is 9.80. The van der Waals surface area contributed by atoms with Crippen molar-refractivity contribution in [2.75, 3.05) is 19.0 Å². The first-order valence-corrected chi connectivity index (χ1v) is 4.13. The molecule has 1 unspecified atom stereocenters. The van der Waals surface area contributed by atoms with Crippen LogP contribution in [0.2, 0.25) is 0 Å². The van der Waals surface area contributed by atoms with Crippen molar-refractivity contribution in [3.8, 4) is 5.75 Å². The molecule has 0 saturated heterocycles. The molecule has 13 heavy (non-hydrogen) atoms. The van der Waals surface area contributed by atoms with Crippen LogP contribution in [0.15, 0.2) is 18.3 Å². The molecule has 1 aromatic rings. The third kappa shape index (κ3) is 2.91. The Labute approximate surface area is 77.6 Å². The van der Waals surface area contributed by atoms with Crippen LogP contribution in [0.4, 0.5) is 5.82 Å². The number of rotatable bonds is 4. The lowest BCUT2D eigenvalue weighted by atomic mass is 10.3. The normalized spacial score (nSPS) is 12.2. The molecule has 1 heterocycles. The van der Waals surface area contributed by atoms with Crippen LogP contribution in [-0.2, 0) is 0 Å². The quantitative estimate of drug-likeness (QED) is 0.726. The molecule has 0 saturated carbocycles. The summed E-state index contributed by atoms with van der Waals surface area (Å²) in [5, 5.41) is 11.8. The van der Waals surface area contributed by atoms with Gasteiger partial charge in [0.15, 0.2) is 0 Å². The number of ether oxygens (including phenoxy) is 1. The van der Waals surface area contributed by atoms with Gasteiger partial charge in [-0.1, -0.05) is 0 Å².